The summed E-state index contributed by atoms with van der Waals surface area (Å²) < 4.78 is 0. The Bertz CT molecular complexity index is 507. The molecule has 0 bridgehead atoms. The van der Waals surface area contributed by atoms with Crippen LogP contribution in [0.4, 0.5) is 11.8 Å². The van der Waals surface area contributed by atoms with Crippen LogP contribution in [0, 0.1) is 0 Å². The molecule has 1 aliphatic heterocycles. The average Bonchev–Trinajstić information content (AvgIpc) is 3.14. The molecule has 1 atom stereocenters. The van der Waals surface area contributed by atoms with E-state index < -0.39 is 0 Å². The summed E-state index contributed by atoms with van der Waals surface area (Å²) in [6, 6.07) is 0.529. The molecule has 2 aromatic heterocycles. The number of H-pyrrole nitrogens is 1. The van der Waals surface area contributed by atoms with E-state index in [0.717, 1.165) is 26.3 Å². The first-order valence-corrected chi connectivity index (χ1v) is 9.56. The molecule has 112 valence electrons. The SMILES string of the molecule is CC.CC.Nc1nc(N[C@H]2CC[Se]C2)c2[nH]cnc2n1. The van der Waals surface area contributed by atoms with Gasteiger partial charge in [-0.05, 0) is 0 Å². The van der Waals surface area contributed by atoms with E-state index in [2.05, 4.69) is 25.3 Å². The van der Waals surface area contributed by atoms with E-state index in [4.69, 9.17) is 5.73 Å². The summed E-state index contributed by atoms with van der Waals surface area (Å²) in [6.45, 7) is 8.00. The number of nitrogens with one attached hydrogen (secondary N) is 2. The summed E-state index contributed by atoms with van der Waals surface area (Å²) in [5.41, 5.74) is 7.11. The second-order valence-electron chi connectivity index (χ2n) is 3.74. The number of aromatic nitrogens is 4. The molecule has 0 aromatic carbocycles. The Balaban J connectivity index is 0.000000461. The van der Waals surface area contributed by atoms with Crippen molar-refractivity contribution in [3.05, 3.63) is 6.33 Å². The van der Waals surface area contributed by atoms with Crippen molar-refractivity contribution in [2.45, 2.75) is 50.8 Å². The monoisotopic (exact) mass is 344 g/mol. The molecule has 0 saturated carbocycles. The molecule has 0 radical (unpaired) electrons. The Labute approximate surface area is 126 Å². The Morgan fingerprint density at radius 1 is 1.30 bits per heavy atom. The van der Waals surface area contributed by atoms with E-state index >= 15 is 0 Å². The number of nitrogens with two attached hydrogens (primary N) is 1. The third kappa shape index (κ3) is 4.08. The van der Waals surface area contributed by atoms with Gasteiger partial charge in [0.25, 0.3) is 0 Å². The van der Waals surface area contributed by atoms with Gasteiger partial charge in [0.05, 0.1) is 0 Å². The van der Waals surface area contributed by atoms with Crippen LogP contribution in [0.5, 0.6) is 0 Å². The maximum absolute atomic E-state index is 5.65. The molecule has 1 aliphatic rings. The summed E-state index contributed by atoms with van der Waals surface area (Å²) in [7, 11) is 0. The third-order valence-corrected chi connectivity index (χ3v) is 5.01. The number of imidazole rings is 1. The Kier molecular flexibility index (Phi) is 7.33. The topological polar surface area (TPSA) is 92.5 Å². The van der Waals surface area contributed by atoms with Crippen LogP contribution in [0.2, 0.25) is 10.6 Å². The zero-order valence-electron chi connectivity index (χ0n) is 12.6. The van der Waals surface area contributed by atoms with E-state index in [1.54, 1.807) is 6.33 Å². The fourth-order valence-electron chi connectivity index (χ4n) is 1.80. The van der Waals surface area contributed by atoms with Gasteiger partial charge in [0.2, 0.25) is 0 Å². The van der Waals surface area contributed by atoms with Crippen molar-refractivity contribution in [2.24, 2.45) is 0 Å². The van der Waals surface area contributed by atoms with Gasteiger partial charge in [0.15, 0.2) is 0 Å². The molecule has 20 heavy (non-hydrogen) atoms. The molecule has 2 aromatic rings. The van der Waals surface area contributed by atoms with Crippen LogP contribution < -0.4 is 11.1 Å². The summed E-state index contributed by atoms with van der Waals surface area (Å²) in [5, 5.41) is 6.03. The van der Waals surface area contributed by atoms with Gasteiger partial charge < -0.3 is 0 Å². The number of nitrogens with zero attached hydrogens (tertiary/aromatic N) is 3. The van der Waals surface area contributed by atoms with Crippen molar-refractivity contribution >= 4 is 37.9 Å². The Morgan fingerprint density at radius 3 is 2.70 bits per heavy atom. The third-order valence-electron chi connectivity index (χ3n) is 2.57. The van der Waals surface area contributed by atoms with Crippen LogP contribution in [0.1, 0.15) is 34.1 Å². The molecule has 7 heteroatoms. The number of anilines is 2. The number of nitrogen functional groups attached to an aromatic ring is 1. The van der Waals surface area contributed by atoms with Gasteiger partial charge in [0.1, 0.15) is 0 Å². The van der Waals surface area contributed by atoms with Gasteiger partial charge in [-0.25, -0.2) is 0 Å². The number of hydrogen-bond donors (Lipinski definition) is 3. The molecule has 1 fully saturated rings. The van der Waals surface area contributed by atoms with E-state index in [1.165, 1.54) is 17.1 Å². The summed E-state index contributed by atoms with van der Waals surface area (Å²) in [4.78, 5) is 15.4. The maximum atomic E-state index is 5.65. The number of aromatic amines is 1. The summed E-state index contributed by atoms with van der Waals surface area (Å²) in [5.74, 6) is 1.05. The predicted octanol–water partition coefficient (Wildman–Crippen LogP) is 2.71. The number of rotatable bonds is 2. The van der Waals surface area contributed by atoms with Gasteiger partial charge in [0, 0.05) is 0 Å². The van der Waals surface area contributed by atoms with Crippen molar-refractivity contribution in [1.29, 1.82) is 0 Å². The predicted molar refractivity (Wildman–Crippen MR) is 86.2 cm³/mol. The zero-order chi connectivity index (χ0) is 15.0. The average molecular weight is 343 g/mol. The van der Waals surface area contributed by atoms with Crippen LogP contribution in [0.15, 0.2) is 6.33 Å². The second kappa shape index (κ2) is 8.76. The van der Waals surface area contributed by atoms with Gasteiger partial charge in [-0.2, -0.15) is 0 Å². The van der Waals surface area contributed by atoms with Gasteiger partial charge in [-0.1, -0.05) is 27.7 Å². The normalized spacial score (nSPS) is 16.9. The van der Waals surface area contributed by atoms with E-state index in [0.29, 0.717) is 11.7 Å². The Morgan fingerprint density at radius 2 is 2.05 bits per heavy atom. The van der Waals surface area contributed by atoms with Crippen LogP contribution >= 0.6 is 0 Å². The molecule has 0 unspecified atom stereocenters. The zero-order valence-corrected chi connectivity index (χ0v) is 14.3. The van der Waals surface area contributed by atoms with Gasteiger partial charge >= 0.3 is 98.3 Å². The minimum atomic E-state index is 0.269. The second-order valence-corrected chi connectivity index (χ2v) is 6.15. The van der Waals surface area contributed by atoms with Crippen molar-refractivity contribution in [2.75, 3.05) is 11.1 Å². The van der Waals surface area contributed by atoms with Crippen molar-refractivity contribution in [3.8, 4) is 0 Å². The fraction of sp³-hybridized carbons (Fsp3) is 0.615. The number of fused-ring (bicyclic) bond motifs is 1. The van der Waals surface area contributed by atoms with Crippen LogP contribution in [0.3, 0.4) is 0 Å². The van der Waals surface area contributed by atoms with Crippen LogP contribution in [-0.2, 0) is 0 Å². The quantitative estimate of drug-likeness (QED) is 0.729. The Hall–Kier alpha value is -1.33. The molecule has 0 amide bonds. The summed E-state index contributed by atoms with van der Waals surface area (Å²) in [6.07, 6.45) is 2.84. The molecule has 6 nitrogen and oxygen atoms in total. The molecule has 0 aliphatic carbocycles. The molecular formula is C13H24N6Se. The molecule has 3 heterocycles. The first kappa shape index (κ1) is 16.7. The van der Waals surface area contributed by atoms with Crippen molar-refractivity contribution in [1.82, 2.24) is 19.9 Å². The van der Waals surface area contributed by atoms with E-state index in [9.17, 15) is 0 Å². The van der Waals surface area contributed by atoms with Crippen molar-refractivity contribution < 1.29 is 0 Å². The molecule has 4 N–H and O–H groups in total. The first-order valence-electron chi connectivity index (χ1n) is 7.14. The van der Waals surface area contributed by atoms with E-state index in [1.807, 2.05) is 27.7 Å². The molecular weight excluding hydrogens is 319 g/mol. The summed E-state index contributed by atoms with van der Waals surface area (Å²) >= 11 is 0.781. The molecule has 0 spiro atoms. The van der Waals surface area contributed by atoms with E-state index in [-0.39, 0.29) is 5.95 Å². The molecule has 3 rings (SSSR count). The molecule has 1 saturated heterocycles. The van der Waals surface area contributed by atoms with Crippen molar-refractivity contribution in [3.63, 3.8) is 0 Å². The van der Waals surface area contributed by atoms with Gasteiger partial charge in [-0.15, -0.1) is 0 Å². The minimum absolute atomic E-state index is 0.269. The van der Waals surface area contributed by atoms with Gasteiger partial charge in [-0.3, -0.25) is 0 Å². The standard InChI is InChI=1S/C9H12N6Se.2C2H6/c10-9-14-7-6(11-4-12-7)8(15-9)13-5-1-2-16-3-5;2*1-2/h4-5H,1-3H2,(H4,10,11,12,13,14,15);2*1-2H3/t5-;;/m0../s1. The van der Waals surface area contributed by atoms with Crippen LogP contribution in [-0.4, -0.2) is 40.9 Å². The first-order chi connectivity index (χ1) is 9.83. The van der Waals surface area contributed by atoms with Crippen LogP contribution in [0.25, 0.3) is 11.2 Å². The fourth-order valence-corrected chi connectivity index (χ4v) is 4.21. The number of hydrogen-bond acceptors (Lipinski definition) is 5.